The van der Waals surface area contributed by atoms with Gasteiger partial charge in [0.05, 0.1) is 18.6 Å². The van der Waals surface area contributed by atoms with Crippen LogP contribution in [0.25, 0.3) is 0 Å². The Morgan fingerprint density at radius 2 is 1.75 bits per heavy atom. The first kappa shape index (κ1) is 17.5. The zero-order valence-corrected chi connectivity index (χ0v) is 13.7. The molecule has 1 rings (SSSR count). The van der Waals surface area contributed by atoms with Gasteiger partial charge in [0.2, 0.25) is 0 Å². The summed E-state index contributed by atoms with van der Waals surface area (Å²) in [6.07, 6.45) is 7.02. The molecule has 0 aliphatic heterocycles. The van der Waals surface area contributed by atoms with Crippen molar-refractivity contribution in [2.24, 2.45) is 17.8 Å². The van der Waals surface area contributed by atoms with Gasteiger partial charge < -0.3 is 9.47 Å². The highest BCUT2D eigenvalue weighted by Crippen LogP contribution is 2.35. The van der Waals surface area contributed by atoms with Crippen molar-refractivity contribution < 1.29 is 14.3 Å². The van der Waals surface area contributed by atoms with Gasteiger partial charge in [0, 0.05) is 6.61 Å². The average Bonchev–Trinajstić information content (AvgIpc) is 2.40. The highest BCUT2D eigenvalue weighted by molar-refractivity contribution is 5.73. The Hall–Kier alpha value is -0.570. The molecule has 0 spiro atoms. The molecule has 0 aromatic rings. The summed E-state index contributed by atoms with van der Waals surface area (Å²) in [5, 5.41) is 0. The van der Waals surface area contributed by atoms with E-state index in [0.29, 0.717) is 25.0 Å². The van der Waals surface area contributed by atoms with Crippen LogP contribution in [-0.2, 0) is 14.3 Å². The molecule has 2 atom stereocenters. The van der Waals surface area contributed by atoms with Crippen molar-refractivity contribution in [2.75, 3.05) is 13.2 Å². The third-order valence-corrected chi connectivity index (χ3v) is 4.20. The zero-order chi connectivity index (χ0) is 15.0. The van der Waals surface area contributed by atoms with Gasteiger partial charge in [-0.15, -0.1) is 0 Å². The van der Waals surface area contributed by atoms with Gasteiger partial charge in [0.15, 0.2) is 0 Å². The number of esters is 1. The smallest absolute Gasteiger partial charge is 0.311 e. The minimum atomic E-state index is -0.0717. The molecule has 1 fully saturated rings. The molecule has 0 bridgehead atoms. The lowest BCUT2D eigenvalue weighted by atomic mass is 9.76. The minimum absolute atomic E-state index is 0.0159. The molecule has 0 saturated heterocycles. The maximum Gasteiger partial charge on any atom is 0.311 e. The molecular weight excluding hydrogens is 252 g/mol. The molecule has 2 unspecified atom stereocenters. The molecule has 3 nitrogen and oxygen atoms in total. The molecule has 0 N–H and O–H groups in total. The molecule has 0 heterocycles. The third kappa shape index (κ3) is 5.43. The van der Waals surface area contributed by atoms with Crippen LogP contribution in [0.15, 0.2) is 0 Å². The lowest BCUT2D eigenvalue weighted by molar-refractivity contribution is -0.158. The first-order valence-electron chi connectivity index (χ1n) is 8.38. The Kier molecular flexibility index (Phi) is 8.20. The average molecular weight is 284 g/mol. The van der Waals surface area contributed by atoms with Crippen LogP contribution >= 0.6 is 0 Å². The predicted octanol–water partition coefficient (Wildman–Crippen LogP) is 4.20. The van der Waals surface area contributed by atoms with E-state index in [2.05, 4.69) is 13.8 Å². The van der Waals surface area contributed by atoms with E-state index < -0.39 is 0 Å². The van der Waals surface area contributed by atoms with E-state index in [4.69, 9.17) is 9.47 Å². The van der Waals surface area contributed by atoms with Crippen LogP contribution in [0.2, 0.25) is 0 Å². The SMILES string of the molecule is CCOC(=O)C(C1CCCCC1)C(CC(C)C)OCC. The summed E-state index contributed by atoms with van der Waals surface area (Å²) >= 11 is 0. The maximum absolute atomic E-state index is 12.4. The standard InChI is InChI=1S/C17H32O3/c1-5-19-15(12-13(3)4)16(17(18)20-6-2)14-10-8-7-9-11-14/h13-16H,5-12H2,1-4H3. The predicted molar refractivity (Wildman–Crippen MR) is 81.6 cm³/mol. The Bertz CT molecular complexity index is 269. The number of carbonyl (C=O) groups is 1. The number of rotatable bonds is 8. The van der Waals surface area contributed by atoms with Gasteiger partial charge in [-0.2, -0.15) is 0 Å². The summed E-state index contributed by atoms with van der Waals surface area (Å²) in [5.74, 6) is 0.862. The fraction of sp³-hybridized carbons (Fsp3) is 0.941. The van der Waals surface area contributed by atoms with Crippen molar-refractivity contribution in [2.45, 2.75) is 72.3 Å². The normalized spacial score (nSPS) is 19.9. The van der Waals surface area contributed by atoms with Crippen LogP contribution in [0.3, 0.4) is 0 Å². The zero-order valence-electron chi connectivity index (χ0n) is 13.7. The van der Waals surface area contributed by atoms with Gasteiger partial charge in [0.1, 0.15) is 0 Å². The number of hydrogen-bond acceptors (Lipinski definition) is 3. The van der Waals surface area contributed by atoms with Crippen molar-refractivity contribution in [1.82, 2.24) is 0 Å². The van der Waals surface area contributed by atoms with E-state index in [-0.39, 0.29) is 18.0 Å². The van der Waals surface area contributed by atoms with Crippen LogP contribution in [0, 0.1) is 17.8 Å². The van der Waals surface area contributed by atoms with Crippen molar-refractivity contribution in [3.63, 3.8) is 0 Å². The second kappa shape index (κ2) is 9.38. The molecule has 118 valence electrons. The Balaban J connectivity index is 2.83. The van der Waals surface area contributed by atoms with Crippen molar-refractivity contribution in [3.8, 4) is 0 Å². The van der Waals surface area contributed by atoms with Gasteiger partial charge in [-0.05, 0) is 44.9 Å². The van der Waals surface area contributed by atoms with Crippen LogP contribution in [0.5, 0.6) is 0 Å². The number of carbonyl (C=O) groups excluding carboxylic acids is 1. The summed E-state index contributed by atoms with van der Waals surface area (Å²) < 4.78 is 11.3. The summed E-state index contributed by atoms with van der Waals surface area (Å²) in [6, 6.07) is 0. The number of hydrogen-bond donors (Lipinski definition) is 0. The van der Waals surface area contributed by atoms with Gasteiger partial charge in [-0.3, -0.25) is 4.79 Å². The first-order valence-corrected chi connectivity index (χ1v) is 8.38. The van der Waals surface area contributed by atoms with Gasteiger partial charge in [0.25, 0.3) is 0 Å². The summed E-state index contributed by atoms with van der Waals surface area (Å²) in [7, 11) is 0. The van der Waals surface area contributed by atoms with E-state index in [1.807, 2.05) is 13.8 Å². The van der Waals surface area contributed by atoms with E-state index >= 15 is 0 Å². The molecule has 0 aromatic heterocycles. The monoisotopic (exact) mass is 284 g/mol. The number of ether oxygens (including phenoxy) is 2. The quantitative estimate of drug-likeness (QED) is 0.627. The summed E-state index contributed by atoms with van der Waals surface area (Å²) in [5.41, 5.74) is 0. The lowest BCUT2D eigenvalue weighted by Crippen LogP contribution is -2.39. The highest BCUT2D eigenvalue weighted by Gasteiger charge is 2.37. The van der Waals surface area contributed by atoms with Crippen molar-refractivity contribution in [1.29, 1.82) is 0 Å². The molecule has 0 radical (unpaired) electrons. The molecule has 1 aliphatic rings. The fourth-order valence-electron chi connectivity index (χ4n) is 3.38. The van der Waals surface area contributed by atoms with E-state index in [1.165, 1.54) is 19.3 Å². The Labute approximate surface area is 124 Å². The van der Waals surface area contributed by atoms with E-state index in [1.54, 1.807) is 0 Å². The van der Waals surface area contributed by atoms with Crippen LogP contribution < -0.4 is 0 Å². The van der Waals surface area contributed by atoms with Gasteiger partial charge in [-0.25, -0.2) is 0 Å². The molecule has 0 aromatic carbocycles. The highest BCUT2D eigenvalue weighted by atomic mass is 16.5. The molecule has 3 heteroatoms. The molecule has 20 heavy (non-hydrogen) atoms. The summed E-state index contributed by atoms with van der Waals surface area (Å²) in [6.45, 7) is 9.40. The van der Waals surface area contributed by atoms with E-state index in [9.17, 15) is 4.79 Å². The largest absolute Gasteiger partial charge is 0.466 e. The Morgan fingerprint density at radius 3 is 2.25 bits per heavy atom. The fourth-order valence-corrected chi connectivity index (χ4v) is 3.38. The maximum atomic E-state index is 12.4. The second-order valence-electron chi connectivity index (χ2n) is 6.30. The van der Waals surface area contributed by atoms with Crippen molar-refractivity contribution >= 4 is 5.97 Å². The molecule has 1 saturated carbocycles. The molecule has 0 amide bonds. The van der Waals surface area contributed by atoms with Gasteiger partial charge >= 0.3 is 5.97 Å². The molecule has 1 aliphatic carbocycles. The van der Waals surface area contributed by atoms with E-state index in [0.717, 1.165) is 19.3 Å². The van der Waals surface area contributed by atoms with Crippen LogP contribution in [0.1, 0.15) is 66.2 Å². The minimum Gasteiger partial charge on any atom is -0.466 e. The van der Waals surface area contributed by atoms with Crippen LogP contribution in [-0.4, -0.2) is 25.3 Å². The summed E-state index contributed by atoms with van der Waals surface area (Å²) in [4.78, 5) is 12.4. The van der Waals surface area contributed by atoms with Gasteiger partial charge in [-0.1, -0.05) is 33.1 Å². The third-order valence-electron chi connectivity index (χ3n) is 4.20. The molecular formula is C17H32O3. The van der Waals surface area contributed by atoms with Crippen molar-refractivity contribution in [3.05, 3.63) is 0 Å². The second-order valence-corrected chi connectivity index (χ2v) is 6.30. The Morgan fingerprint density at radius 1 is 1.10 bits per heavy atom. The lowest BCUT2D eigenvalue weighted by Gasteiger charge is -2.34. The topological polar surface area (TPSA) is 35.5 Å². The van der Waals surface area contributed by atoms with Crippen LogP contribution in [0.4, 0.5) is 0 Å². The first-order chi connectivity index (χ1) is 9.60.